The summed E-state index contributed by atoms with van der Waals surface area (Å²) in [6.45, 7) is 3.58. The van der Waals surface area contributed by atoms with E-state index < -0.39 is 49.5 Å². The first-order chi connectivity index (χ1) is 17.9. The number of carbonyl (C=O) groups excluding carboxylic acids is 1. The standard InChI is InChI=1S/C24H23Cl2F4N3O4S2/c1-12(24(28,29)30)33-39(36,37)17-9-8-15(18(25)19(17)26)20-16(10-13-4-6-14(27)7-5-13)32-22(38-20)21(34)31-11-23(2,3)35/h4-9,12,33,35H,10-11H2,1-3H3,(H,31,34)/t12-/m0/s1. The number of halogens is 6. The number of aliphatic hydroxyl groups is 1. The molecule has 1 atom stereocenters. The van der Waals surface area contributed by atoms with Crippen molar-refractivity contribution in [3.05, 3.63) is 68.5 Å². The van der Waals surface area contributed by atoms with Crippen LogP contribution in [0.25, 0.3) is 10.4 Å². The predicted octanol–water partition coefficient (Wildman–Crippen LogP) is 5.58. The highest BCUT2D eigenvalue weighted by molar-refractivity contribution is 7.89. The summed E-state index contributed by atoms with van der Waals surface area (Å²) in [4.78, 5) is 16.8. The summed E-state index contributed by atoms with van der Waals surface area (Å²) in [5, 5.41) is 11.7. The molecule has 0 aliphatic heterocycles. The fourth-order valence-corrected chi connectivity index (χ4v) is 6.41. The van der Waals surface area contributed by atoms with Crippen molar-refractivity contribution in [1.82, 2.24) is 15.0 Å². The zero-order valence-electron chi connectivity index (χ0n) is 20.7. The third kappa shape index (κ3) is 7.89. The van der Waals surface area contributed by atoms with E-state index in [4.69, 9.17) is 23.2 Å². The van der Waals surface area contributed by atoms with E-state index in [0.717, 1.165) is 17.4 Å². The second-order valence-corrected chi connectivity index (χ2v) is 12.7. The number of nitrogens with zero attached hydrogens (tertiary/aromatic N) is 1. The topological polar surface area (TPSA) is 108 Å². The molecule has 0 unspecified atom stereocenters. The Labute approximate surface area is 236 Å². The molecule has 0 spiro atoms. The number of hydrogen-bond donors (Lipinski definition) is 3. The van der Waals surface area contributed by atoms with Crippen molar-refractivity contribution >= 4 is 50.5 Å². The van der Waals surface area contributed by atoms with E-state index >= 15 is 0 Å². The van der Waals surface area contributed by atoms with Gasteiger partial charge in [0.1, 0.15) is 16.8 Å². The highest BCUT2D eigenvalue weighted by Gasteiger charge is 2.39. The Bertz CT molecular complexity index is 1470. The fraction of sp³-hybridized carbons (Fsp3) is 0.333. The second-order valence-electron chi connectivity index (χ2n) is 9.22. The van der Waals surface area contributed by atoms with Crippen molar-refractivity contribution in [2.75, 3.05) is 6.54 Å². The Kier molecular flexibility index (Phi) is 9.35. The predicted molar refractivity (Wildman–Crippen MR) is 141 cm³/mol. The van der Waals surface area contributed by atoms with E-state index in [1.54, 1.807) is 0 Å². The number of carbonyl (C=O) groups is 1. The van der Waals surface area contributed by atoms with Gasteiger partial charge in [0.2, 0.25) is 10.0 Å². The van der Waals surface area contributed by atoms with Gasteiger partial charge < -0.3 is 10.4 Å². The summed E-state index contributed by atoms with van der Waals surface area (Å²) in [5.41, 5.74) is -0.0427. The Morgan fingerprint density at radius 1 is 1.10 bits per heavy atom. The quantitative estimate of drug-likeness (QED) is 0.269. The van der Waals surface area contributed by atoms with Crippen LogP contribution in [0.2, 0.25) is 10.0 Å². The Morgan fingerprint density at radius 2 is 1.72 bits per heavy atom. The minimum Gasteiger partial charge on any atom is -0.389 e. The number of amides is 1. The van der Waals surface area contributed by atoms with E-state index in [0.29, 0.717) is 23.1 Å². The second kappa shape index (κ2) is 11.7. The third-order valence-corrected chi connectivity index (χ3v) is 8.97. The van der Waals surface area contributed by atoms with Crippen LogP contribution in [0.1, 0.15) is 41.8 Å². The van der Waals surface area contributed by atoms with Gasteiger partial charge in [-0.1, -0.05) is 41.4 Å². The fourth-order valence-electron chi connectivity index (χ4n) is 3.22. The van der Waals surface area contributed by atoms with E-state index in [1.165, 1.54) is 48.9 Å². The van der Waals surface area contributed by atoms with Gasteiger partial charge in [-0.15, -0.1) is 11.3 Å². The molecule has 1 amide bonds. The number of hydrogen-bond acceptors (Lipinski definition) is 6. The van der Waals surface area contributed by atoms with Crippen molar-refractivity contribution in [3.63, 3.8) is 0 Å². The molecule has 1 heterocycles. The molecule has 0 saturated carbocycles. The van der Waals surface area contributed by atoms with Gasteiger partial charge in [-0.25, -0.2) is 17.8 Å². The maximum absolute atomic E-state index is 13.4. The van der Waals surface area contributed by atoms with Crippen LogP contribution in [0.4, 0.5) is 17.6 Å². The molecule has 7 nitrogen and oxygen atoms in total. The van der Waals surface area contributed by atoms with E-state index in [2.05, 4.69) is 10.3 Å². The lowest BCUT2D eigenvalue weighted by atomic mass is 10.1. The monoisotopic (exact) mass is 627 g/mol. The molecule has 0 bridgehead atoms. The van der Waals surface area contributed by atoms with Gasteiger partial charge in [0.15, 0.2) is 5.01 Å². The van der Waals surface area contributed by atoms with Crippen LogP contribution in [0, 0.1) is 5.82 Å². The van der Waals surface area contributed by atoms with E-state index in [1.807, 2.05) is 0 Å². The SMILES string of the molecule is C[C@H](NS(=O)(=O)c1ccc(-c2sc(C(=O)NCC(C)(C)O)nc2Cc2ccc(F)cc2)c(Cl)c1Cl)C(F)(F)F. The summed E-state index contributed by atoms with van der Waals surface area (Å²) in [6.07, 6.45) is -4.70. The molecule has 212 valence electrons. The smallest absolute Gasteiger partial charge is 0.389 e. The van der Waals surface area contributed by atoms with Gasteiger partial charge in [0.05, 0.1) is 26.2 Å². The summed E-state index contributed by atoms with van der Waals surface area (Å²) in [7, 11) is -4.71. The first-order valence-corrected chi connectivity index (χ1v) is 14.3. The molecule has 0 saturated heterocycles. The molecular formula is C24H23Cl2F4N3O4S2. The maximum Gasteiger partial charge on any atom is 0.404 e. The van der Waals surface area contributed by atoms with Crippen LogP contribution in [-0.2, 0) is 16.4 Å². The van der Waals surface area contributed by atoms with Crippen molar-refractivity contribution in [2.24, 2.45) is 0 Å². The maximum atomic E-state index is 13.4. The van der Waals surface area contributed by atoms with Gasteiger partial charge in [0.25, 0.3) is 5.91 Å². The summed E-state index contributed by atoms with van der Waals surface area (Å²) < 4.78 is 79.0. The highest BCUT2D eigenvalue weighted by atomic mass is 35.5. The van der Waals surface area contributed by atoms with E-state index in [-0.39, 0.29) is 28.6 Å². The highest BCUT2D eigenvalue weighted by Crippen LogP contribution is 2.42. The van der Waals surface area contributed by atoms with Crippen LogP contribution in [0.3, 0.4) is 0 Å². The molecule has 15 heteroatoms. The van der Waals surface area contributed by atoms with Crippen LogP contribution in [0.15, 0.2) is 41.3 Å². The normalized spacial score (nSPS) is 13.4. The van der Waals surface area contributed by atoms with Crippen molar-refractivity contribution in [2.45, 2.75) is 49.9 Å². The summed E-state index contributed by atoms with van der Waals surface area (Å²) in [6, 6.07) is 5.40. The zero-order valence-corrected chi connectivity index (χ0v) is 23.8. The number of sulfonamides is 1. The number of thiazole rings is 1. The van der Waals surface area contributed by atoms with Gasteiger partial charge in [-0.2, -0.15) is 17.9 Å². The molecular weight excluding hydrogens is 605 g/mol. The van der Waals surface area contributed by atoms with Gasteiger partial charge in [0, 0.05) is 18.5 Å². The number of nitrogens with one attached hydrogen (secondary N) is 2. The van der Waals surface area contributed by atoms with Gasteiger partial charge in [-0.3, -0.25) is 4.79 Å². The molecule has 0 fully saturated rings. The average Bonchev–Trinajstić information content (AvgIpc) is 3.22. The Morgan fingerprint density at radius 3 is 2.28 bits per heavy atom. The lowest BCUT2D eigenvalue weighted by Crippen LogP contribution is -2.43. The molecule has 3 N–H and O–H groups in total. The molecule has 2 aromatic carbocycles. The van der Waals surface area contributed by atoms with Gasteiger partial charge in [-0.05, 0) is 44.5 Å². The third-order valence-electron chi connectivity index (χ3n) is 5.26. The first-order valence-electron chi connectivity index (χ1n) is 11.2. The molecule has 0 radical (unpaired) electrons. The average molecular weight is 628 g/mol. The van der Waals surface area contributed by atoms with E-state index in [9.17, 15) is 35.9 Å². The van der Waals surface area contributed by atoms with Crippen LogP contribution in [-0.4, -0.2) is 48.8 Å². The largest absolute Gasteiger partial charge is 0.404 e. The van der Waals surface area contributed by atoms with Crippen molar-refractivity contribution < 1.29 is 35.9 Å². The minimum absolute atomic E-state index is 0.00378. The van der Waals surface area contributed by atoms with Crippen LogP contribution in [0.5, 0.6) is 0 Å². The van der Waals surface area contributed by atoms with Crippen molar-refractivity contribution in [1.29, 1.82) is 0 Å². The summed E-state index contributed by atoms with van der Waals surface area (Å²) in [5.74, 6) is -1.05. The molecule has 0 aliphatic carbocycles. The molecule has 1 aromatic heterocycles. The number of benzene rings is 2. The summed E-state index contributed by atoms with van der Waals surface area (Å²) >= 11 is 13.6. The Balaban J connectivity index is 2.06. The lowest BCUT2D eigenvalue weighted by Gasteiger charge is -2.18. The Hall–Kier alpha value is -2.29. The zero-order chi connectivity index (χ0) is 29.3. The van der Waals surface area contributed by atoms with Crippen LogP contribution < -0.4 is 10.0 Å². The first kappa shape index (κ1) is 31.2. The number of rotatable bonds is 9. The number of aromatic nitrogens is 1. The number of alkyl halides is 3. The minimum atomic E-state index is -4.83. The molecule has 3 aromatic rings. The molecule has 39 heavy (non-hydrogen) atoms. The molecule has 3 rings (SSSR count). The van der Waals surface area contributed by atoms with Crippen molar-refractivity contribution in [3.8, 4) is 10.4 Å². The molecule has 0 aliphatic rings. The van der Waals surface area contributed by atoms with Crippen LogP contribution >= 0.6 is 34.5 Å². The lowest BCUT2D eigenvalue weighted by molar-refractivity contribution is -0.147. The van der Waals surface area contributed by atoms with Gasteiger partial charge >= 0.3 is 6.18 Å².